The molecule has 0 unspecified atom stereocenters. The van der Waals surface area contributed by atoms with Gasteiger partial charge in [-0.2, -0.15) is 0 Å². The van der Waals surface area contributed by atoms with Crippen molar-refractivity contribution in [3.05, 3.63) is 70.3 Å². The van der Waals surface area contributed by atoms with E-state index in [9.17, 15) is 4.79 Å². The summed E-state index contributed by atoms with van der Waals surface area (Å²) in [7, 11) is 2.01. The fourth-order valence-electron chi connectivity index (χ4n) is 2.69. The second-order valence-electron chi connectivity index (χ2n) is 5.78. The lowest BCUT2D eigenvalue weighted by Crippen LogP contribution is -2.21. The van der Waals surface area contributed by atoms with Crippen molar-refractivity contribution in [3.8, 4) is 5.75 Å². The van der Waals surface area contributed by atoms with Crippen molar-refractivity contribution in [2.45, 2.75) is 20.0 Å². The van der Waals surface area contributed by atoms with Crippen LogP contribution in [0, 0.1) is 0 Å². The first-order chi connectivity index (χ1) is 11.7. The number of hydrogen-bond acceptors (Lipinski definition) is 4. The van der Waals surface area contributed by atoms with Crippen LogP contribution in [0.1, 0.15) is 18.3 Å². The Kier molecular flexibility index (Phi) is 4.91. The number of aromatic amines is 1. The highest BCUT2D eigenvalue weighted by Crippen LogP contribution is 2.14. The molecule has 0 bridgehead atoms. The van der Waals surface area contributed by atoms with Crippen molar-refractivity contribution in [3.63, 3.8) is 0 Å². The highest BCUT2D eigenvalue weighted by Gasteiger charge is 2.07. The minimum Gasteiger partial charge on any atom is -0.494 e. The molecule has 124 valence electrons. The van der Waals surface area contributed by atoms with Crippen LogP contribution in [0.25, 0.3) is 10.9 Å². The van der Waals surface area contributed by atoms with Gasteiger partial charge in [-0.05, 0) is 43.8 Å². The molecule has 0 atom stereocenters. The molecule has 2 aromatic carbocycles. The summed E-state index contributed by atoms with van der Waals surface area (Å²) in [5.74, 6) is 1.55. The summed E-state index contributed by atoms with van der Waals surface area (Å²) >= 11 is 0. The summed E-state index contributed by atoms with van der Waals surface area (Å²) in [6, 6.07) is 15.4. The van der Waals surface area contributed by atoms with Gasteiger partial charge in [0.25, 0.3) is 5.56 Å². The third kappa shape index (κ3) is 3.81. The molecule has 3 aromatic rings. The molecule has 24 heavy (non-hydrogen) atoms. The standard InChI is InChI=1S/C19H21N3O2/c1-3-24-15-10-8-14(9-11-15)12-22(2)13-18-20-17-7-5-4-6-16(17)19(23)21-18/h4-11H,3,12-13H2,1-2H3,(H,20,21,23). The minimum absolute atomic E-state index is 0.0925. The lowest BCUT2D eigenvalue weighted by atomic mass is 10.2. The third-order valence-electron chi connectivity index (χ3n) is 3.77. The first-order valence-electron chi connectivity index (χ1n) is 8.04. The largest absolute Gasteiger partial charge is 0.494 e. The maximum atomic E-state index is 12.1. The summed E-state index contributed by atoms with van der Waals surface area (Å²) in [5.41, 5.74) is 1.82. The number of ether oxygens (including phenoxy) is 1. The summed E-state index contributed by atoms with van der Waals surface area (Å²) < 4.78 is 5.45. The molecule has 5 nitrogen and oxygen atoms in total. The van der Waals surface area contributed by atoms with Gasteiger partial charge in [0.05, 0.1) is 24.1 Å². The lowest BCUT2D eigenvalue weighted by molar-refractivity contribution is 0.310. The van der Waals surface area contributed by atoms with E-state index in [4.69, 9.17) is 4.74 Å². The molecule has 3 rings (SSSR count). The van der Waals surface area contributed by atoms with Crippen molar-refractivity contribution in [1.82, 2.24) is 14.9 Å². The van der Waals surface area contributed by atoms with Crippen molar-refractivity contribution < 1.29 is 4.74 Å². The average Bonchev–Trinajstić information content (AvgIpc) is 2.57. The molecule has 1 aromatic heterocycles. The fraction of sp³-hybridized carbons (Fsp3) is 0.263. The molecule has 0 fully saturated rings. The molecular weight excluding hydrogens is 302 g/mol. The van der Waals surface area contributed by atoms with Gasteiger partial charge in [0.1, 0.15) is 11.6 Å². The van der Waals surface area contributed by atoms with Crippen LogP contribution in [0.3, 0.4) is 0 Å². The van der Waals surface area contributed by atoms with Gasteiger partial charge in [0.15, 0.2) is 0 Å². The number of para-hydroxylation sites is 1. The van der Waals surface area contributed by atoms with Gasteiger partial charge in [0, 0.05) is 6.54 Å². The van der Waals surface area contributed by atoms with Gasteiger partial charge in [-0.25, -0.2) is 4.98 Å². The molecule has 0 aliphatic rings. The van der Waals surface area contributed by atoms with Crippen LogP contribution < -0.4 is 10.3 Å². The van der Waals surface area contributed by atoms with Gasteiger partial charge in [-0.3, -0.25) is 9.69 Å². The normalized spacial score (nSPS) is 11.1. The molecular formula is C19H21N3O2. The van der Waals surface area contributed by atoms with Gasteiger partial charge in [0.2, 0.25) is 0 Å². The van der Waals surface area contributed by atoms with E-state index in [1.54, 1.807) is 6.07 Å². The molecule has 0 spiro atoms. The molecule has 5 heteroatoms. The zero-order valence-corrected chi connectivity index (χ0v) is 14.0. The SMILES string of the molecule is CCOc1ccc(CN(C)Cc2nc3ccccc3c(=O)[nH]2)cc1. The number of rotatable bonds is 6. The predicted octanol–water partition coefficient (Wildman–Crippen LogP) is 2.95. The molecule has 0 amide bonds. The average molecular weight is 323 g/mol. The summed E-state index contributed by atoms with van der Waals surface area (Å²) in [5, 5.41) is 0.621. The third-order valence-corrected chi connectivity index (χ3v) is 3.77. The van der Waals surface area contributed by atoms with Crippen LogP contribution in [-0.2, 0) is 13.1 Å². The van der Waals surface area contributed by atoms with Crippen LogP contribution in [0.5, 0.6) is 5.75 Å². The number of fused-ring (bicyclic) bond motifs is 1. The van der Waals surface area contributed by atoms with Gasteiger partial charge < -0.3 is 9.72 Å². The van der Waals surface area contributed by atoms with Crippen LogP contribution in [-0.4, -0.2) is 28.5 Å². The lowest BCUT2D eigenvalue weighted by Gasteiger charge is -2.16. The van der Waals surface area contributed by atoms with Gasteiger partial charge in [-0.1, -0.05) is 24.3 Å². The van der Waals surface area contributed by atoms with Crippen molar-refractivity contribution in [2.75, 3.05) is 13.7 Å². The zero-order valence-electron chi connectivity index (χ0n) is 14.0. The van der Waals surface area contributed by atoms with E-state index in [2.05, 4.69) is 27.0 Å². The molecule has 0 aliphatic heterocycles. The van der Waals surface area contributed by atoms with Crippen LogP contribution in [0.4, 0.5) is 0 Å². The summed E-state index contributed by atoms with van der Waals surface area (Å²) in [4.78, 5) is 21.6. The Hall–Kier alpha value is -2.66. The van der Waals surface area contributed by atoms with Gasteiger partial charge in [-0.15, -0.1) is 0 Å². The number of H-pyrrole nitrogens is 1. The summed E-state index contributed by atoms with van der Waals surface area (Å²) in [6.45, 7) is 3.98. The number of benzene rings is 2. The minimum atomic E-state index is -0.0925. The van der Waals surface area contributed by atoms with E-state index in [1.165, 1.54) is 5.56 Å². The topological polar surface area (TPSA) is 58.2 Å². The van der Waals surface area contributed by atoms with Crippen LogP contribution >= 0.6 is 0 Å². The number of nitrogens with zero attached hydrogens (tertiary/aromatic N) is 2. The smallest absolute Gasteiger partial charge is 0.258 e. The Morgan fingerprint density at radius 2 is 1.83 bits per heavy atom. The molecule has 0 saturated heterocycles. The zero-order chi connectivity index (χ0) is 16.9. The molecule has 1 heterocycles. The van der Waals surface area contributed by atoms with Crippen molar-refractivity contribution in [1.29, 1.82) is 0 Å². The first-order valence-corrected chi connectivity index (χ1v) is 8.04. The Labute approximate surface area is 140 Å². The molecule has 0 radical (unpaired) electrons. The monoisotopic (exact) mass is 323 g/mol. The van der Waals surface area contributed by atoms with E-state index in [0.717, 1.165) is 17.8 Å². The summed E-state index contributed by atoms with van der Waals surface area (Å²) in [6.07, 6.45) is 0. The molecule has 1 N–H and O–H groups in total. The van der Waals surface area contributed by atoms with E-state index < -0.39 is 0 Å². The quantitative estimate of drug-likeness (QED) is 0.758. The number of hydrogen-bond donors (Lipinski definition) is 1. The predicted molar refractivity (Wildman–Crippen MR) is 95.1 cm³/mol. The Morgan fingerprint density at radius 1 is 1.08 bits per heavy atom. The van der Waals surface area contributed by atoms with Crippen molar-refractivity contribution in [2.24, 2.45) is 0 Å². The molecule has 0 aliphatic carbocycles. The van der Waals surface area contributed by atoms with Gasteiger partial charge >= 0.3 is 0 Å². The maximum absolute atomic E-state index is 12.1. The maximum Gasteiger partial charge on any atom is 0.258 e. The van der Waals surface area contributed by atoms with Crippen LogP contribution in [0.2, 0.25) is 0 Å². The van der Waals surface area contributed by atoms with E-state index in [1.807, 2.05) is 44.3 Å². The van der Waals surface area contributed by atoms with E-state index in [-0.39, 0.29) is 5.56 Å². The number of aromatic nitrogens is 2. The van der Waals surface area contributed by atoms with E-state index >= 15 is 0 Å². The second-order valence-corrected chi connectivity index (χ2v) is 5.78. The Morgan fingerprint density at radius 3 is 2.58 bits per heavy atom. The van der Waals surface area contributed by atoms with Crippen LogP contribution in [0.15, 0.2) is 53.3 Å². The Bertz CT molecular complexity index is 872. The molecule has 0 saturated carbocycles. The first kappa shape index (κ1) is 16.2. The fourth-order valence-corrected chi connectivity index (χ4v) is 2.69. The van der Waals surface area contributed by atoms with Crippen molar-refractivity contribution >= 4 is 10.9 Å². The Balaban J connectivity index is 1.70. The number of nitrogens with one attached hydrogen (secondary N) is 1. The second kappa shape index (κ2) is 7.27. The highest BCUT2D eigenvalue weighted by molar-refractivity contribution is 5.77. The highest BCUT2D eigenvalue weighted by atomic mass is 16.5. The van der Waals surface area contributed by atoms with E-state index in [0.29, 0.717) is 24.4 Å².